The maximum atomic E-state index is 13.0. The lowest BCUT2D eigenvalue weighted by atomic mass is 10.1. The van der Waals surface area contributed by atoms with Crippen molar-refractivity contribution in [3.05, 3.63) is 84.7 Å². The monoisotopic (exact) mass is 348 g/mol. The molecule has 2 aromatic carbocycles. The lowest BCUT2D eigenvalue weighted by Gasteiger charge is -2.11. The molecule has 0 spiro atoms. The molecule has 0 unspecified atom stereocenters. The summed E-state index contributed by atoms with van der Waals surface area (Å²) in [4.78, 5) is 9.07. The number of aromatic nitrogens is 2. The molecule has 0 aliphatic carbocycles. The maximum absolute atomic E-state index is 13.0. The first kappa shape index (κ1) is 17.6. The summed E-state index contributed by atoms with van der Waals surface area (Å²) < 4.78 is 13.0. The Hall–Kier alpha value is -3.21. The highest BCUT2D eigenvalue weighted by molar-refractivity contribution is 5.64. The molecule has 4 nitrogen and oxygen atoms in total. The molecule has 5 heteroatoms. The van der Waals surface area contributed by atoms with E-state index < -0.39 is 0 Å². The van der Waals surface area contributed by atoms with Gasteiger partial charge in [-0.15, -0.1) is 6.58 Å². The van der Waals surface area contributed by atoms with Gasteiger partial charge in [0.25, 0.3) is 0 Å². The zero-order chi connectivity index (χ0) is 18.2. The molecule has 0 aliphatic rings. The predicted molar refractivity (Wildman–Crippen MR) is 105 cm³/mol. The first-order valence-corrected chi connectivity index (χ1v) is 8.52. The summed E-state index contributed by atoms with van der Waals surface area (Å²) in [5.74, 6) is 1.08. The average molecular weight is 348 g/mol. The van der Waals surface area contributed by atoms with E-state index >= 15 is 0 Å². The van der Waals surface area contributed by atoms with E-state index in [1.165, 1.54) is 12.1 Å². The minimum Gasteiger partial charge on any atom is -0.370 e. The third-order valence-electron chi connectivity index (χ3n) is 3.83. The highest BCUT2D eigenvalue weighted by Crippen LogP contribution is 2.21. The predicted octanol–water partition coefficient (Wildman–Crippen LogP) is 4.54. The SMILES string of the molecule is C=CCNc1nc(NCCc2ccc(F)cc2)cc(-c2ccccc2)n1. The standard InChI is InChI=1S/C21H21FN4/c1-2-13-24-21-25-19(17-6-4-3-5-7-17)15-20(26-21)23-14-12-16-8-10-18(22)11-9-16/h2-11,15H,1,12-14H2,(H2,23,24,25,26). The number of hydrogen-bond acceptors (Lipinski definition) is 4. The molecule has 0 saturated carbocycles. The van der Waals surface area contributed by atoms with Crippen LogP contribution in [0.3, 0.4) is 0 Å². The summed E-state index contributed by atoms with van der Waals surface area (Å²) in [6, 6.07) is 18.4. The van der Waals surface area contributed by atoms with Gasteiger partial charge in [-0.3, -0.25) is 0 Å². The number of halogens is 1. The van der Waals surface area contributed by atoms with E-state index in [-0.39, 0.29) is 5.82 Å². The Balaban J connectivity index is 1.74. The van der Waals surface area contributed by atoms with Crippen molar-refractivity contribution in [3.63, 3.8) is 0 Å². The Kier molecular flexibility index (Phi) is 5.93. The summed E-state index contributed by atoms with van der Waals surface area (Å²) in [6.45, 7) is 4.99. The highest BCUT2D eigenvalue weighted by Gasteiger charge is 2.06. The number of nitrogens with zero attached hydrogens (tertiary/aromatic N) is 2. The summed E-state index contributed by atoms with van der Waals surface area (Å²) in [7, 11) is 0. The Morgan fingerprint density at radius 3 is 2.46 bits per heavy atom. The average Bonchev–Trinajstić information content (AvgIpc) is 2.68. The van der Waals surface area contributed by atoms with Gasteiger partial charge < -0.3 is 10.6 Å². The molecule has 0 saturated heterocycles. The normalized spacial score (nSPS) is 10.3. The molecule has 132 valence electrons. The fraction of sp³-hybridized carbons (Fsp3) is 0.143. The van der Waals surface area contributed by atoms with E-state index in [1.54, 1.807) is 18.2 Å². The van der Waals surface area contributed by atoms with Gasteiger partial charge in [0.2, 0.25) is 5.95 Å². The first-order chi connectivity index (χ1) is 12.7. The van der Waals surface area contributed by atoms with Crippen LogP contribution in [0.2, 0.25) is 0 Å². The smallest absolute Gasteiger partial charge is 0.225 e. The van der Waals surface area contributed by atoms with Crippen LogP contribution >= 0.6 is 0 Å². The van der Waals surface area contributed by atoms with Crippen molar-refractivity contribution in [2.75, 3.05) is 23.7 Å². The summed E-state index contributed by atoms with van der Waals surface area (Å²) in [5, 5.41) is 6.46. The number of benzene rings is 2. The second-order valence-electron chi connectivity index (χ2n) is 5.80. The Morgan fingerprint density at radius 1 is 0.962 bits per heavy atom. The van der Waals surface area contributed by atoms with Crippen LogP contribution in [0.25, 0.3) is 11.3 Å². The van der Waals surface area contributed by atoms with E-state index in [9.17, 15) is 4.39 Å². The van der Waals surface area contributed by atoms with Crippen LogP contribution < -0.4 is 10.6 Å². The van der Waals surface area contributed by atoms with E-state index in [0.717, 1.165) is 29.1 Å². The fourth-order valence-corrected chi connectivity index (χ4v) is 2.52. The number of anilines is 2. The van der Waals surface area contributed by atoms with Gasteiger partial charge in [0.05, 0.1) is 5.69 Å². The zero-order valence-corrected chi connectivity index (χ0v) is 14.5. The lowest BCUT2D eigenvalue weighted by Crippen LogP contribution is -2.10. The van der Waals surface area contributed by atoms with Crippen molar-refractivity contribution in [1.82, 2.24) is 9.97 Å². The number of hydrogen-bond donors (Lipinski definition) is 2. The van der Waals surface area contributed by atoms with Crippen molar-refractivity contribution in [2.45, 2.75) is 6.42 Å². The number of nitrogens with one attached hydrogen (secondary N) is 2. The summed E-state index contributed by atoms with van der Waals surface area (Å²) in [5.41, 5.74) is 2.94. The van der Waals surface area contributed by atoms with Gasteiger partial charge in [0.1, 0.15) is 11.6 Å². The van der Waals surface area contributed by atoms with Crippen molar-refractivity contribution < 1.29 is 4.39 Å². The van der Waals surface area contributed by atoms with Crippen LogP contribution in [0.15, 0.2) is 73.3 Å². The second-order valence-corrected chi connectivity index (χ2v) is 5.80. The van der Waals surface area contributed by atoms with Gasteiger partial charge in [-0.1, -0.05) is 48.5 Å². The fourth-order valence-electron chi connectivity index (χ4n) is 2.52. The van der Waals surface area contributed by atoms with Crippen molar-refractivity contribution in [2.24, 2.45) is 0 Å². The molecular formula is C21H21FN4. The minimum atomic E-state index is -0.219. The molecule has 0 radical (unpaired) electrons. The largest absolute Gasteiger partial charge is 0.370 e. The van der Waals surface area contributed by atoms with Crippen LogP contribution in [0.4, 0.5) is 16.2 Å². The molecule has 3 aromatic rings. The maximum Gasteiger partial charge on any atom is 0.225 e. The van der Waals surface area contributed by atoms with Crippen molar-refractivity contribution in [1.29, 1.82) is 0 Å². The molecule has 0 fully saturated rings. The van der Waals surface area contributed by atoms with E-state index in [0.29, 0.717) is 19.0 Å². The third-order valence-corrected chi connectivity index (χ3v) is 3.83. The van der Waals surface area contributed by atoms with Crippen LogP contribution in [0.1, 0.15) is 5.56 Å². The van der Waals surface area contributed by atoms with Gasteiger partial charge in [-0.25, -0.2) is 9.37 Å². The van der Waals surface area contributed by atoms with Gasteiger partial charge >= 0.3 is 0 Å². The van der Waals surface area contributed by atoms with Crippen molar-refractivity contribution >= 4 is 11.8 Å². The molecule has 0 atom stereocenters. The lowest BCUT2D eigenvalue weighted by molar-refractivity contribution is 0.627. The van der Waals surface area contributed by atoms with Gasteiger partial charge in [0, 0.05) is 24.7 Å². The molecular weight excluding hydrogens is 327 g/mol. The van der Waals surface area contributed by atoms with Gasteiger partial charge in [-0.05, 0) is 24.1 Å². The molecule has 0 aliphatic heterocycles. The van der Waals surface area contributed by atoms with Crippen LogP contribution in [-0.2, 0) is 6.42 Å². The number of rotatable bonds is 8. The second kappa shape index (κ2) is 8.76. The Morgan fingerprint density at radius 2 is 1.73 bits per heavy atom. The van der Waals surface area contributed by atoms with Crippen LogP contribution in [0, 0.1) is 5.82 Å². The Bertz CT molecular complexity index is 848. The van der Waals surface area contributed by atoms with E-state index in [4.69, 9.17) is 0 Å². The van der Waals surface area contributed by atoms with Gasteiger partial charge in [-0.2, -0.15) is 4.98 Å². The summed E-state index contributed by atoms with van der Waals surface area (Å²) in [6.07, 6.45) is 2.54. The topological polar surface area (TPSA) is 49.8 Å². The van der Waals surface area contributed by atoms with Crippen molar-refractivity contribution in [3.8, 4) is 11.3 Å². The van der Waals surface area contributed by atoms with E-state index in [2.05, 4.69) is 27.2 Å². The molecule has 1 heterocycles. The minimum absolute atomic E-state index is 0.219. The quantitative estimate of drug-likeness (QED) is 0.587. The highest BCUT2D eigenvalue weighted by atomic mass is 19.1. The zero-order valence-electron chi connectivity index (χ0n) is 14.5. The van der Waals surface area contributed by atoms with Gasteiger partial charge in [0.15, 0.2) is 0 Å². The molecule has 1 aromatic heterocycles. The molecule has 0 amide bonds. The third kappa shape index (κ3) is 4.89. The van der Waals surface area contributed by atoms with Crippen LogP contribution in [-0.4, -0.2) is 23.1 Å². The molecule has 26 heavy (non-hydrogen) atoms. The molecule has 0 bridgehead atoms. The van der Waals surface area contributed by atoms with Crippen LogP contribution in [0.5, 0.6) is 0 Å². The first-order valence-electron chi connectivity index (χ1n) is 8.52. The summed E-state index contributed by atoms with van der Waals surface area (Å²) >= 11 is 0. The van der Waals surface area contributed by atoms with E-state index in [1.807, 2.05) is 36.4 Å². The Labute approximate surface area is 152 Å². The molecule has 3 rings (SSSR count). The molecule has 2 N–H and O–H groups in total.